The minimum Gasteiger partial charge on any atom is -0.396 e. The topological polar surface area (TPSA) is 40.5 Å². The van der Waals surface area contributed by atoms with Crippen LogP contribution in [0.2, 0.25) is 0 Å². The first kappa shape index (κ1) is 15.7. The van der Waals surface area contributed by atoms with Gasteiger partial charge in [-0.15, -0.1) is 0 Å². The number of aliphatic hydroxyl groups is 2. The molecule has 0 aromatic carbocycles. The van der Waals surface area contributed by atoms with Crippen molar-refractivity contribution in [3.05, 3.63) is 35.5 Å². The van der Waals surface area contributed by atoms with Crippen molar-refractivity contribution in [3.8, 4) is 0 Å². The highest BCUT2D eigenvalue weighted by Gasteiger charge is 2.59. The molecule has 2 N–H and O–H groups in total. The minimum atomic E-state index is -0.238. The van der Waals surface area contributed by atoms with E-state index < -0.39 is 0 Å². The number of hydrogen-bond donors (Lipinski definition) is 2. The van der Waals surface area contributed by atoms with Gasteiger partial charge < -0.3 is 10.2 Å². The highest BCUT2D eigenvalue weighted by atomic mass is 16.3. The van der Waals surface area contributed by atoms with Gasteiger partial charge in [0, 0.05) is 17.9 Å². The van der Waals surface area contributed by atoms with Gasteiger partial charge in [0.15, 0.2) is 0 Å². The zero-order chi connectivity index (χ0) is 16.2. The first-order valence-corrected chi connectivity index (χ1v) is 9.36. The first-order valence-electron chi connectivity index (χ1n) is 9.36. The van der Waals surface area contributed by atoms with E-state index >= 15 is 0 Å². The highest BCUT2D eigenvalue weighted by molar-refractivity contribution is 5.34. The Hall–Kier alpha value is -0.860. The Morgan fingerprint density at radius 3 is 2.87 bits per heavy atom. The summed E-state index contributed by atoms with van der Waals surface area (Å²) in [6.07, 6.45) is 15.5. The average Bonchev–Trinajstić information content (AvgIpc) is 2.83. The standard InChI is InChI=1S/C21H30O2/c1-20-11-4-3-5-14(20)6-8-16-17-9-7-15(10-12-22)21(17,2)13-18(23)19(16)20/h4-5,7,11,16-19,22-23H,3,6,8-10,12-13H2,1-2H3/t16-,17-,18-,19+,20-,21+/m0/s1. The number of hydrogen-bond acceptors (Lipinski definition) is 2. The van der Waals surface area contributed by atoms with Gasteiger partial charge in [-0.3, -0.25) is 0 Å². The van der Waals surface area contributed by atoms with Crippen LogP contribution in [0.1, 0.15) is 52.4 Å². The lowest BCUT2D eigenvalue weighted by atomic mass is 9.47. The fourth-order valence-electron chi connectivity index (χ4n) is 6.63. The van der Waals surface area contributed by atoms with Gasteiger partial charge in [0.1, 0.15) is 0 Å². The third kappa shape index (κ3) is 2.07. The molecule has 2 fully saturated rings. The van der Waals surface area contributed by atoms with Crippen LogP contribution < -0.4 is 0 Å². The van der Waals surface area contributed by atoms with E-state index in [9.17, 15) is 10.2 Å². The summed E-state index contributed by atoms with van der Waals surface area (Å²) in [6, 6.07) is 0. The maximum atomic E-state index is 11.2. The molecule has 0 aliphatic heterocycles. The quantitative estimate of drug-likeness (QED) is 0.756. The average molecular weight is 314 g/mol. The van der Waals surface area contributed by atoms with Gasteiger partial charge in [-0.05, 0) is 55.8 Å². The minimum absolute atomic E-state index is 0.0572. The zero-order valence-corrected chi connectivity index (χ0v) is 14.5. The number of fused-ring (bicyclic) bond motifs is 5. The van der Waals surface area contributed by atoms with Crippen LogP contribution in [0.5, 0.6) is 0 Å². The van der Waals surface area contributed by atoms with E-state index in [4.69, 9.17) is 0 Å². The van der Waals surface area contributed by atoms with Gasteiger partial charge in [-0.1, -0.05) is 49.3 Å². The lowest BCUT2D eigenvalue weighted by molar-refractivity contribution is -0.0975. The largest absolute Gasteiger partial charge is 0.396 e. The fourth-order valence-corrected chi connectivity index (χ4v) is 6.63. The Kier molecular flexibility index (Phi) is 3.62. The lowest BCUT2D eigenvalue weighted by Crippen LogP contribution is -2.55. The molecule has 0 unspecified atom stereocenters. The molecule has 2 nitrogen and oxygen atoms in total. The molecule has 4 aliphatic rings. The van der Waals surface area contributed by atoms with Crippen molar-refractivity contribution in [2.45, 2.75) is 58.5 Å². The van der Waals surface area contributed by atoms with E-state index in [0.717, 1.165) is 25.7 Å². The van der Waals surface area contributed by atoms with E-state index in [-0.39, 0.29) is 23.5 Å². The van der Waals surface area contributed by atoms with Gasteiger partial charge >= 0.3 is 0 Å². The van der Waals surface area contributed by atoms with Gasteiger partial charge in [0.05, 0.1) is 6.10 Å². The van der Waals surface area contributed by atoms with Crippen LogP contribution >= 0.6 is 0 Å². The predicted molar refractivity (Wildman–Crippen MR) is 92.8 cm³/mol. The van der Waals surface area contributed by atoms with Crippen molar-refractivity contribution >= 4 is 0 Å². The molecular formula is C21H30O2. The van der Waals surface area contributed by atoms with Gasteiger partial charge in [0.25, 0.3) is 0 Å². The smallest absolute Gasteiger partial charge is 0.0590 e. The molecule has 23 heavy (non-hydrogen) atoms. The lowest BCUT2D eigenvalue weighted by Gasteiger charge is -2.58. The first-order chi connectivity index (χ1) is 11.0. The van der Waals surface area contributed by atoms with Gasteiger partial charge in [-0.2, -0.15) is 0 Å². The Labute approximate surface area is 140 Å². The second-order valence-corrected chi connectivity index (χ2v) is 8.61. The maximum absolute atomic E-state index is 11.2. The summed E-state index contributed by atoms with van der Waals surface area (Å²) in [6.45, 7) is 4.93. The molecule has 0 spiro atoms. The van der Waals surface area contributed by atoms with Gasteiger partial charge in [0.2, 0.25) is 0 Å². The fraction of sp³-hybridized carbons (Fsp3) is 0.714. The molecule has 0 radical (unpaired) electrons. The van der Waals surface area contributed by atoms with Crippen molar-refractivity contribution in [1.29, 1.82) is 0 Å². The number of allylic oxidation sites excluding steroid dienone is 5. The summed E-state index contributed by atoms with van der Waals surface area (Å²) in [5.41, 5.74) is 3.11. The van der Waals surface area contributed by atoms with Crippen molar-refractivity contribution in [3.63, 3.8) is 0 Å². The van der Waals surface area contributed by atoms with E-state index in [2.05, 4.69) is 38.2 Å². The van der Waals surface area contributed by atoms with Crippen LogP contribution in [0.25, 0.3) is 0 Å². The molecule has 0 bridgehead atoms. The molecule has 0 saturated heterocycles. The number of aliphatic hydroxyl groups excluding tert-OH is 2. The second-order valence-electron chi connectivity index (χ2n) is 8.61. The molecular weight excluding hydrogens is 284 g/mol. The van der Waals surface area contributed by atoms with Crippen molar-refractivity contribution < 1.29 is 10.2 Å². The molecule has 0 amide bonds. The highest BCUT2D eigenvalue weighted by Crippen LogP contribution is 2.64. The molecule has 0 heterocycles. The Balaban J connectivity index is 1.70. The van der Waals surface area contributed by atoms with Crippen molar-refractivity contribution in [1.82, 2.24) is 0 Å². The molecule has 0 aromatic heterocycles. The maximum Gasteiger partial charge on any atom is 0.0590 e. The zero-order valence-electron chi connectivity index (χ0n) is 14.5. The summed E-state index contributed by atoms with van der Waals surface area (Å²) in [5.74, 6) is 1.60. The van der Waals surface area contributed by atoms with Crippen molar-refractivity contribution in [2.75, 3.05) is 6.61 Å². The van der Waals surface area contributed by atoms with E-state index in [1.54, 1.807) is 5.57 Å². The Morgan fingerprint density at radius 2 is 2.09 bits per heavy atom. The normalized spacial score (nSPS) is 48.2. The van der Waals surface area contributed by atoms with Crippen LogP contribution in [0, 0.1) is 28.6 Å². The number of rotatable bonds is 2. The third-order valence-corrected chi connectivity index (χ3v) is 7.67. The van der Waals surface area contributed by atoms with Crippen molar-refractivity contribution in [2.24, 2.45) is 28.6 Å². The summed E-state index contributed by atoms with van der Waals surface area (Å²) in [5, 5.41) is 20.6. The van der Waals surface area contributed by atoms with E-state index in [1.165, 1.54) is 18.4 Å². The summed E-state index contributed by atoms with van der Waals surface area (Å²) in [4.78, 5) is 0. The van der Waals surface area contributed by atoms with Crippen LogP contribution in [0.3, 0.4) is 0 Å². The van der Waals surface area contributed by atoms with Crippen LogP contribution in [-0.4, -0.2) is 22.9 Å². The third-order valence-electron chi connectivity index (χ3n) is 7.67. The van der Waals surface area contributed by atoms with Gasteiger partial charge in [-0.25, -0.2) is 0 Å². The summed E-state index contributed by atoms with van der Waals surface area (Å²) < 4.78 is 0. The molecule has 0 aromatic rings. The molecule has 6 atom stereocenters. The monoisotopic (exact) mass is 314 g/mol. The Morgan fingerprint density at radius 1 is 1.26 bits per heavy atom. The molecule has 4 aliphatic carbocycles. The second kappa shape index (κ2) is 5.32. The molecule has 2 saturated carbocycles. The SMILES string of the molecule is C[C@]12C=CCC=C1CC[C@@H]1[C@@H]2[C@@H](O)C[C@]2(C)C(CCO)=CC[C@@H]12. The van der Waals surface area contributed by atoms with Crippen LogP contribution in [0.4, 0.5) is 0 Å². The van der Waals surface area contributed by atoms with E-state index in [1.807, 2.05) is 0 Å². The summed E-state index contributed by atoms with van der Waals surface area (Å²) in [7, 11) is 0. The molecule has 126 valence electrons. The van der Waals surface area contributed by atoms with E-state index in [0.29, 0.717) is 17.8 Å². The van der Waals surface area contributed by atoms with Crippen LogP contribution in [0.15, 0.2) is 35.5 Å². The van der Waals surface area contributed by atoms with Crippen LogP contribution in [-0.2, 0) is 0 Å². The molecule has 2 heteroatoms. The molecule has 4 rings (SSSR count). The summed E-state index contributed by atoms with van der Waals surface area (Å²) >= 11 is 0. The predicted octanol–water partition coefficient (Wildman–Crippen LogP) is 4.00. The Bertz CT molecular complexity index is 587.